The fraction of sp³-hybridized carbons (Fsp3) is 0.346. The van der Waals surface area contributed by atoms with Crippen LogP contribution >= 0.6 is 0 Å². The first-order valence-corrected chi connectivity index (χ1v) is 12.1. The lowest BCUT2D eigenvalue weighted by Gasteiger charge is -2.32. The molecule has 0 saturated carbocycles. The van der Waals surface area contributed by atoms with Gasteiger partial charge in [0.2, 0.25) is 5.95 Å². The summed E-state index contributed by atoms with van der Waals surface area (Å²) in [5, 5.41) is 13.8. The molecule has 4 aromatic rings. The van der Waals surface area contributed by atoms with Crippen molar-refractivity contribution in [3.8, 4) is 16.9 Å². The predicted octanol–water partition coefficient (Wildman–Crippen LogP) is 4.38. The summed E-state index contributed by atoms with van der Waals surface area (Å²) in [6.45, 7) is 3.82. The maximum absolute atomic E-state index is 15.7. The Labute approximate surface area is 207 Å². The Bertz CT molecular complexity index is 1280. The number of rotatable bonds is 8. The van der Waals surface area contributed by atoms with E-state index in [9.17, 15) is 0 Å². The van der Waals surface area contributed by atoms with E-state index in [1.807, 2.05) is 42.7 Å². The summed E-state index contributed by atoms with van der Waals surface area (Å²) in [5.74, 6) is -0.638. The van der Waals surface area contributed by atoms with E-state index in [1.165, 1.54) is 6.07 Å². The van der Waals surface area contributed by atoms with Crippen LogP contribution in [0.2, 0.25) is 0 Å². The lowest BCUT2D eigenvalue weighted by Crippen LogP contribution is -2.36. The van der Waals surface area contributed by atoms with Crippen LogP contribution < -0.4 is 9.64 Å². The van der Waals surface area contributed by atoms with Gasteiger partial charge in [0.15, 0.2) is 23.2 Å². The molecular weight excluding hydrogens is 464 g/mol. The third-order valence-corrected chi connectivity index (χ3v) is 6.55. The van der Waals surface area contributed by atoms with E-state index in [0.717, 1.165) is 37.9 Å². The van der Waals surface area contributed by atoms with Gasteiger partial charge in [-0.05, 0) is 47.9 Å². The van der Waals surface area contributed by atoms with Crippen LogP contribution in [0, 0.1) is 17.6 Å². The Morgan fingerprint density at radius 1 is 1.08 bits per heavy atom. The van der Waals surface area contributed by atoms with Crippen LogP contribution in [0.4, 0.5) is 14.7 Å². The van der Waals surface area contributed by atoms with Crippen molar-refractivity contribution in [3.05, 3.63) is 77.4 Å². The fourth-order valence-corrected chi connectivity index (χ4v) is 4.43. The van der Waals surface area contributed by atoms with Crippen LogP contribution in [-0.2, 0) is 12.8 Å². The van der Waals surface area contributed by atoms with E-state index in [-0.39, 0.29) is 30.3 Å². The summed E-state index contributed by atoms with van der Waals surface area (Å²) < 4.78 is 36.6. The first-order valence-electron chi connectivity index (χ1n) is 12.1. The lowest BCUT2D eigenvalue weighted by atomic mass is 9.95. The van der Waals surface area contributed by atoms with Crippen LogP contribution in [-0.4, -0.2) is 50.3 Å². The van der Waals surface area contributed by atoms with Gasteiger partial charge in [-0.25, -0.2) is 18.7 Å². The first-order chi connectivity index (χ1) is 17.6. The van der Waals surface area contributed by atoms with E-state index < -0.39 is 11.6 Å². The monoisotopic (exact) mass is 491 g/mol. The first kappa shape index (κ1) is 23.8. The molecule has 0 unspecified atom stereocenters. The van der Waals surface area contributed by atoms with Gasteiger partial charge in [-0.15, -0.1) is 10.2 Å². The van der Waals surface area contributed by atoms with Crippen molar-refractivity contribution in [2.24, 2.45) is 5.92 Å². The number of hydrogen-bond acceptors (Lipinski definition) is 7. The molecular formula is C26H27F2N7O. The number of nitrogens with one attached hydrogen (secondary N) is 1. The number of piperidine rings is 1. The summed E-state index contributed by atoms with van der Waals surface area (Å²) in [5.41, 5.74) is 2.50. The molecule has 0 bridgehead atoms. The number of halogens is 2. The van der Waals surface area contributed by atoms with Gasteiger partial charge in [0.25, 0.3) is 0 Å². The van der Waals surface area contributed by atoms with Crippen LogP contribution in [0.25, 0.3) is 11.1 Å². The number of aryl methyl sites for hydroxylation is 1. The third-order valence-electron chi connectivity index (χ3n) is 6.55. The third kappa shape index (κ3) is 5.17. The number of tetrazole rings is 1. The Morgan fingerprint density at radius 3 is 2.50 bits per heavy atom. The minimum atomic E-state index is -0.736. The molecule has 0 amide bonds. The van der Waals surface area contributed by atoms with Gasteiger partial charge in [-0.3, -0.25) is 0 Å². The van der Waals surface area contributed by atoms with Gasteiger partial charge in [0.05, 0.1) is 6.61 Å². The zero-order valence-electron chi connectivity index (χ0n) is 20.0. The molecule has 0 atom stereocenters. The van der Waals surface area contributed by atoms with Crippen molar-refractivity contribution < 1.29 is 13.5 Å². The maximum Gasteiger partial charge on any atom is 0.225 e. The predicted molar refractivity (Wildman–Crippen MR) is 131 cm³/mol. The summed E-state index contributed by atoms with van der Waals surface area (Å²) in [6, 6.07) is 10.4. The molecule has 1 fully saturated rings. The highest BCUT2D eigenvalue weighted by atomic mass is 19.1. The second kappa shape index (κ2) is 10.8. The Morgan fingerprint density at radius 2 is 1.83 bits per heavy atom. The van der Waals surface area contributed by atoms with Crippen LogP contribution in [0.5, 0.6) is 5.75 Å². The molecule has 2 aromatic heterocycles. The number of H-pyrrole nitrogens is 1. The normalized spacial score (nSPS) is 14.2. The van der Waals surface area contributed by atoms with Gasteiger partial charge in [-0.2, -0.15) is 5.21 Å². The zero-order valence-corrected chi connectivity index (χ0v) is 20.0. The molecule has 1 aliphatic heterocycles. The van der Waals surface area contributed by atoms with E-state index in [1.54, 1.807) is 0 Å². The minimum absolute atomic E-state index is 0.0540. The van der Waals surface area contributed by atoms with E-state index in [4.69, 9.17) is 4.74 Å². The van der Waals surface area contributed by atoms with Crippen LogP contribution in [0.15, 0.2) is 48.8 Å². The minimum Gasteiger partial charge on any atom is -0.487 e. The Balaban J connectivity index is 1.30. The summed E-state index contributed by atoms with van der Waals surface area (Å²) in [6.07, 6.45) is 6.30. The zero-order chi connectivity index (χ0) is 24.9. The van der Waals surface area contributed by atoms with Gasteiger partial charge in [-0.1, -0.05) is 42.5 Å². The summed E-state index contributed by atoms with van der Waals surface area (Å²) >= 11 is 0. The highest BCUT2D eigenvalue weighted by Gasteiger charge is 2.25. The molecule has 3 heterocycles. The SMILES string of the molecule is CCc1cnc(N2CCC(COc3c(F)cc(-c4ccccc4)c(Cc4nn[nH]n4)c3F)CC2)nc1. The number of ether oxygens (including phenoxy) is 1. The highest BCUT2D eigenvalue weighted by Crippen LogP contribution is 2.35. The molecule has 0 radical (unpaired) electrons. The molecule has 1 saturated heterocycles. The number of hydrogen-bond donors (Lipinski definition) is 1. The lowest BCUT2D eigenvalue weighted by molar-refractivity contribution is 0.206. The van der Waals surface area contributed by atoms with Crippen molar-refractivity contribution in [2.45, 2.75) is 32.6 Å². The molecule has 8 nitrogen and oxygen atoms in total. The van der Waals surface area contributed by atoms with Crippen LogP contribution in [0.1, 0.15) is 36.7 Å². The summed E-state index contributed by atoms with van der Waals surface area (Å²) in [4.78, 5) is 11.0. The van der Waals surface area contributed by atoms with Crippen molar-refractivity contribution in [3.63, 3.8) is 0 Å². The molecule has 10 heteroatoms. The average molecular weight is 492 g/mol. The molecule has 186 valence electrons. The number of anilines is 1. The molecule has 36 heavy (non-hydrogen) atoms. The van der Waals surface area contributed by atoms with Gasteiger partial charge < -0.3 is 9.64 Å². The molecule has 1 N–H and O–H groups in total. The summed E-state index contributed by atoms with van der Waals surface area (Å²) in [7, 11) is 0. The fourth-order valence-electron chi connectivity index (χ4n) is 4.43. The topological polar surface area (TPSA) is 92.7 Å². The van der Waals surface area contributed by atoms with Gasteiger partial charge in [0.1, 0.15) is 0 Å². The van der Waals surface area contributed by atoms with Gasteiger partial charge >= 0.3 is 0 Å². The quantitative estimate of drug-likeness (QED) is 0.391. The molecule has 1 aliphatic rings. The largest absolute Gasteiger partial charge is 0.487 e. The average Bonchev–Trinajstić information content (AvgIpc) is 3.44. The molecule has 2 aromatic carbocycles. The Hall–Kier alpha value is -3.95. The second-order valence-corrected chi connectivity index (χ2v) is 8.88. The maximum atomic E-state index is 15.7. The number of nitrogens with zero attached hydrogens (tertiary/aromatic N) is 6. The number of aromatic nitrogens is 6. The van der Waals surface area contributed by atoms with Crippen molar-refractivity contribution in [1.82, 2.24) is 30.6 Å². The Kier molecular flexibility index (Phi) is 7.11. The number of benzene rings is 2. The highest BCUT2D eigenvalue weighted by molar-refractivity contribution is 5.69. The van der Waals surface area contributed by atoms with Crippen molar-refractivity contribution in [1.29, 1.82) is 0 Å². The van der Waals surface area contributed by atoms with Gasteiger partial charge in [0, 0.05) is 37.5 Å². The molecule has 5 rings (SSSR count). The van der Waals surface area contributed by atoms with Crippen molar-refractivity contribution >= 4 is 5.95 Å². The molecule has 0 spiro atoms. The van der Waals surface area contributed by atoms with E-state index >= 15 is 8.78 Å². The van der Waals surface area contributed by atoms with Crippen molar-refractivity contribution in [2.75, 3.05) is 24.6 Å². The smallest absolute Gasteiger partial charge is 0.225 e. The second-order valence-electron chi connectivity index (χ2n) is 8.88. The number of aromatic amines is 1. The standard InChI is InChI=1S/C26H27F2N7O/c1-2-17-14-29-26(30-15-17)35-10-8-18(9-11-35)16-36-25-22(27)12-20(19-6-4-3-5-7-19)21(24(25)28)13-23-31-33-34-32-23/h3-7,12,14-15,18H,2,8-11,13,16H2,1H3,(H,31,32,33,34). The van der Waals surface area contributed by atoms with Crippen LogP contribution in [0.3, 0.4) is 0 Å². The molecule has 0 aliphatic carbocycles. The van der Waals surface area contributed by atoms with E-state index in [2.05, 4.69) is 42.4 Å². The van der Waals surface area contributed by atoms with E-state index in [0.29, 0.717) is 22.9 Å².